The molecule has 1 N–H and O–H groups in total. The van der Waals surface area contributed by atoms with Crippen LogP contribution < -0.4 is 5.32 Å². The number of carbonyl (C=O) groups excluding carboxylic acids is 2. The normalized spacial score (nSPS) is 14.3. The summed E-state index contributed by atoms with van der Waals surface area (Å²) in [5, 5.41) is 2.87. The Kier molecular flexibility index (Phi) is 5.30. The van der Waals surface area contributed by atoms with Crippen LogP contribution in [-0.2, 0) is 0 Å². The summed E-state index contributed by atoms with van der Waals surface area (Å²) in [6.07, 6.45) is 3.25. The second-order valence-electron chi connectivity index (χ2n) is 5.86. The first-order valence-electron chi connectivity index (χ1n) is 8.10. The third-order valence-corrected chi connectivity index (χ3v) is 4.63. The predicted molar refractivity (Wildman–Crippen MR) is 98.3 cm³/mol. The van der Waals surface area contributed by atoms with Gasteiger partial charge in [0.1, 0.15) is 0 Å². The summed E-state index contributed by atoms with van der Waals surface area (Å²) in [7, 11) is 0. The zero-order valence-corrected chi connectivity index (χ0v) is 14.9. The van der Waals surface area contributed by atoms with Gasteiger partial charge in [0.05, 0.1) is 11.3 Å². The molecule has 0 bridgehead atoms. The number of anilines is 1. The zero-order valence-electron chi connectivity index (χ0n) is 13.3. The Morgan fingerprint density at radius 1 is 0.958 bits per heavy atom. The maximum Gasteiger partial charge on any atom is 0.255 e. The maximum absolute atomic E-state index is 12.8. The molecule has 2 amide bonds. The van der Waals surface area contributed by atoms with Gasteiger partial charge in [-0.05, 0) is 49.6 Å². The van der Waals surface area contributed by atoms with Crippen LogP contribution in [0.15, 0.2) is 53.0 Å². The number of carbonyl (C=O) groups is 2. The lowest BCUT2D eigenvalue weighted by molar-refractivity contribution is 0.0725. The van der Waals surface area contributed by atoms with Crippen LogP contribution in [0.4, 0.5) is 5.69 Å². The number of halogens is 1. The summed E-state index contributed by atoms with van der Waals surface area (Å²) in [6.45, 7) is 1.57. The van der Waals surface area contributed by atoms with Crippen LogP contribution in [0.5, 0.6) is 0 Å². The summed E-state index contributed by atoms with van der Waals surface area (Å²) < 4.78 is 0.841. The maximum atomic E-state index is 12.8. The largest absolute Gasteiger partial charge is 0.339 e. The Labute approximate surface area is 150 Å². The lowest BCUT2D eigenvalue weighted by Gasteiger charge is -2.27. The average molecular weight is 387 g/mol. The van der Waals surface area contributed by atoms with Gasteiger partial charge in [-0.1, -0.05) is 34.1 Å². The first kappa shape index (κ1) is 16.7. The summed E-state index contributed by atoms with van der Waals surface area (Å²) >= 11 is 3.36. The predicted octanol–water partition coefficient (Wildman–Crippen LogP) is 4.33. The van der Waals surface area contributed by atoms with E-state index in [9.17, 15) is 9.59 Å². The van der Waals surface area contributed by atoms with Crippen molar-refractivity contribution in [2.75, 3.05) is 18.4 Å². The minimum Gasteiger partial charge on any atom is -0.339 e. The minimum absolute atomic E-state index is 0.0140. The fourth-order valence-corrected chi connectivity index (χ4v) is 3.27. The number of rotatable bonds is 3. The highest BCUT2D eigenvalue weighted by Gasteiger charge is 2.21. The van der Waals surface area contributed by atoms with Gasteiger partial charge in [-0.2, -0.15) is 0 Å². The molecule has 0 radical (unpaired) electrons. The van der Waals surface area contributed by atoms with Crippen molar-refractivity contribution in [2.24, 2.45) is 0 Å². The highest BCUT2D eigenvalue weighted by Crippen LogP contribution is 2.21. The molecule has 0 saturated carbocycles. The molecule has 0 unspecified atom stereocenters. The van der Waals surface area contributed by atoms with Crippen molar-refractivity contribution in [1.29, 1.82) is 0 Å². The van der Waals surface area contributed by atoms with Crippen LogP contribution in [0.2, 0.25) is 0 Å². The smallest absolute Gasteiger partial charge is 0.255 e. The lowest BCUT2D eigenvalue weighted by atomic mass is 10.1. The van der Waals surface area contributed by atoms with E-state index in [1.54, 1.807) is 24.3 Å². The molecule has 1 aliphatic rings. The van der Waals surface area contributed by atoms with Gasteiger partial charge in [0.2, 0.25) is 0 Å². The van der Waals surface area contributed by atoms with Gasteiger partial charge in [0, 0.05) is 23.1 Å². The molecule has 124 valence electrons. The Morgan fingerprint density at radius 2 is 1.71 bits per heavy atom. The van der Waals surface area contributed by atoms with Crippen LogP contribution in [-0.4, -0.2) is 29.8 Å². The highest BCUT2D eigenvalue weighted by molar-refractivity contribution is 9.10. The highest BCUT2D eigenvalue weighted by atomic mass is 79.9. The Morgan fingerprint density at radius 3 is 2.46 bits per heavy atom. The zero-order chi connectivity index (χ0) is 16.9. The molecule has 1 saturated heterocycles. The van der Waals surface area contributed by atoms with E-state index in [2.05, 4.69) is 21.2 Å². The molecular weight excluding hydrogens is 368 g/mol. The lowest BCUT2D eigenvalue weighted by Crippen LogP contribution is -2.36. The van der Waals surface area contributed by atoms with Crippen LogP contribution in [0.3, 0.4) is 0 Å². The van der Waals surface area contributed by atoms with Gasteiger partial charge in [0.25, 0.3) is 11.8 Å². The summed E-state index contributed by atoms with van der Waals surface area (Å²) in [5.41, 5.74) is 1.64. The molecular formula is C19H19BrN2O2. The van der Waals surface area contributed by atoms with Gasteiger partial charge >= 0.3 is 0 Å². The molecule has 5 heteroatoms. The second-order valence-corrected chi connectivity index (χ2v) is 6.78. The van der Waals surface area contributed by atoms with Crippen molar-refractivity contribution in [3.63, 3.8) is 0 Å². The van der Waals surface area contributed by atoms with E-state index >= 15 is 0 Å². The molecule has 1 heterocycles. The number of amides is 2. The van der Waals surface area contributed by atoms with Crippen molar-refractivity contribution in [3.8, 4) is 0 Å². The summed E-state index contributed by atoms with van der Waals surface area (Å²) in [4.78, 5) is 27.1. The fraction of sp³-hybridized carbons (Fsp3) is 0.263. The van der Waals surface area contributed by atoms with E-state index in [1.807, 2.05) is 29.2 Å². The van der Waals surface area contributed by atoms with E-state index < -0.39 is 0 Å². The van der Waals surface area contributed by atoms with E-state index in [0.29, 0.717) is 16.8 Å². The third kappa shape index (κ3) is 3.85. The van der Waals surface area contributed by atoms with Crippen molar-refractivity contribution >= 4 is 33.4 Å². The molecule has 1 fully saturated rings. The van der Waals surface area contributed by atoms with Crippen molar-refractivity contribution < 1.29 is 9.59 Å². The van der Waals surface area contributed by atoms with Crippen LogP contribution >= 0.6 is 15.9 Å². The van der Waals surface area contributed by atoms with Crippen molar-refractivity contribution in [3.05, 3.63) is 64.1 Å². The van der Waals surface area contributed by atoms with Crippen LogP contribution in [0, 0.1) is 0 Å². The first-order valence-corrected chi connectivity index (χ1v) is 8.90. The number of hydrogen-bond acceptors (Lipinski definition) is 2. The molecule has 4 nitrogen and oxygen atoms in total. The Hall–Kier alpha value is -2.14. The molecule has 3 rings (SSSR count). The van der Waals surface area contributed by atoms with Crippen molar-refractivity contribution in [1.82, 2.24) is 4.90 Å². The van der Waals surface area contributed by atoms with E-state index in [0.717, 1.165) is 30.4 Å². The number of hydrogen-bond donors (Lipinski definition) is 1. The SMILES string of the molecule is O=C(Nc1ccccc1C(=O)N1CCCCC1)c1cccc(Br)c1. The summed E-state index contributed by atoms with van der Waals surface area (Å²) in [5.74, 6) is -0.241. The van der Waals surface area contributed by atoms with Gasteiger partial charge in [-0.15, -0.1) is 0 Å². The minimum atomic E-state index is -0.227. The molecule has 2 aromatic rings. The average Bonchev–Trinajstić information content (AvgIpc) is 2.62. The Balaban J connectivity index is 1.81. The van der Waals surface area contributed by atoms with E-state index in [1.165, 1.54) is 6.42 Å². The monoisotopic (exact) mass is 386 g/mol. The number of likely N-dealkylation sites (tertiary alicyclic amines) is 1. The van der Waals surface area contributed by atoms with E-state index in [-0.39, 0.29) is 11.8 Å². The molecule has 2 aromatic carbocycles. The number of para-hydroxylation sites is 1. The van der Waals surface area contributed by atoms with Gasteiger partial charge in [-0.25, -0.2) is 0 Å². The summed E-state index contributed by atoms with van der Waals surface area (Å²) in [6, 6.07) is 14.4. The van der Waals surface area contributed by atoms with Gasteiger partial charge < -0.3 is 10.2 Å². The number of nitrogens with zero attached hydrogens (tertiary/aromatic N) is 1. The fourth-order valence-electron chi connectivity index (χ4n) is 2.87. The van der Waals surface area contributed by atoms with Gasteiger partial charge in [0.15, 0.2) is 0 Å². The van der Waals surface area contributed by atoms with Crippen molar-refractivity contribution in [2.45, 2.75) is 19.3 Å². The second kappa shape index (κ2) is 7.62. The number of nitrogens with one attached hydrogen (secondary N) is 1. The quantitative estimate of drug-likeness (QED) is 0.853. The molecule has 0 atom stereocenters. The molecule has 0 spiro atoms. The van der Waals surface area contributed by atoms with Crippen LogP contribution in [0.25, 0.3) is 0 Å². The Bertz CT molecular complexity index is 755. The van der Waals surface area contributed by atoms with Crippen LogP contribution in [0.1, 0.15) is 40.0 Å². The third-order valence-electron chi connectivity index (χ3n) is 4.14. The molecule has 1 aliphatic heterocycles. The number of benzene rings is 2. The van der Waals surface area contributed by atoms with Gasteiger partial charge in [-0.3, -0.25) is 9.59 Å². The molecule has 0 aromatic heterocycles. The standard InChI is InChI=1S/C19H19BrN2O2/c20-15-8-6-7-14(13-15)18(23)21-17-10-3-2-9-16(17)19(24)22-11-4-1-5-12-22/h2-3,6-10,13H,1,4-5,11-12H2,(H,21,23). The molecule has 0 aliphatic carbocycles. The topological polar surface area (TPSA) is 49.4 Å². The number of piperidine rings is 1. The first-order chi connectivity index (χ1) is 11.6. The molecule has 24 heavy (non-hydrogen) atoms. The van der Waals surface area contributed by atoms with E-state index in [4.69, 9.17) is 0 Å².